The second kappa shape index (κ2) is 11.2. The maximum atomic E-state index is 12.4. The molecule has 8 heteroatoms. The minimum Gasteiger partial charge on any atom is -0.452 e. The first-order valence-corrected chi connectivity index (χ1v) is 10.3. The van der Waals surface area contributed by atoms with E-state index >= 15 is 0 Å². The molecule has 2 amide bonds. The number of benzene rings is 1. The number of nitrogens with zero attached hydrogens (tertiary/aromatic N) is 1. The SMILES string of the molecule is CC(C)N(C(=O)[C@@H](C)OC(=O)CSCC(=O)Nc1ccc(Cl)cc1)C(C)C. The summed E-state index contributed by atoms with van der Waals surface area (Å²) in [7, 11) is 0. The molecule has 0 bridgehead atoms. The Kier molecular flexibility index (Phi) is 9.66. The summed E-state index contributed by atoms with van der Waals surface area (Å²) in [5, 5.41) is 3.30. The molecule has 1 atom stereocenters. The number of esters is 1. The second-order valence-electron chi connectivity index (χ2n) is 6.61. The van der Waals surface area contributed by atoms with Gasteiger partial charge in [0.15, 0.2) is 6.10 Å². The van der Waals surface area contributed by atoms with E-state index < -0.39 is 12.1 Å². The summed E-state index contributed by atoms with van der Waals surface area (Å²) in [4.78, 5) is 37.9. The Balaban J connectivity index is 2.38. The van der Waals surface area contributed by atoms with Crippen molar-refractivity contribution < 1.29 is 19.1 Å². The Morgan fingerprint density at radius 2 is 1.59 bits per heavy atom. The van der Waals surface area contributed by atoms with Crippen molar-refractivity contribution >= 4 is 46.8 Å². The number of carbonyl (C=O) groups excluding carboxylic acids is 3. The molecule has 0 aromatic heterocycles. The lowest BCUT2D eigenvalue weighted by Crippen LogP contribution is -2.47. The largest absolute Gasteiger partial charge is 0.452 e. The summed E-state index contributed by atoms with van der Waals surface area (Å²) in [5.74, 6) is -0.879. The van der Waals surface area contributed by atoms with Crippen molar-refractivity contribution in [1.29, 1.82) is 0 Å². The minimum atomic E-state index is -0.856. The molecule has 0 spiro atoms. The molecule has 0 unspecified atom stereocenters. The molecule has 0 heterocycles. The summed E-state index contributed by atoms with van der Waals surface area (Å²) < 4.78 is 5.21. The average Bonchev–Trinajstić information content (AvgIpc) is 2.56. The van der Waals surface area contributed by atoms with Gasteiger partial charge in [-0.2, -0.15) is 0 Å². The van der Waals surface area contributed by atoms with Gasteiger partial charge in [-0.05, 0) is 58.9 Å². The normalized spacial score (nSPS) is 12.0. The van der Waals surface area contributed by atoms with Crippen LogP contribution in [0.1, 0.15) is 34.6 Å². The Labute approximate surface area is 170 Å². The van der Waals surface area contributed by atoms with Crippen LogP contribution in [0.25, 0.3) is 0 Å². The fraction of sp³-hybridized carbons (Fsp3) is 0.526. The zero-order valence-electron chi connectivity index (χ0n) is 16.3. The van der Waals surface area contributed by atoms with Crippen LogP contribution in [0.2, 0.25) is 5.02 Å². The first-order chi connectivity index (χ1) is 12.6. The Morgan fingerprint density at radius 1 is 1.04 bits per heavy atom. The van der Waals surface area contributed by atoms with Crippen LogP contribution in [0.5, 0.6) is 0 Å². The van der Waals surface area contributed by atoms with Crippen LogP contribution in [0.15, 0.2) is 24.3 Å². The van der Waals surface area contributed by atoms with E-state index in [1.165, 1.54) is 0 Å². The number of ether oxygens (including phenoxy) is 1. The van der Waals surface area contributed by atoms with Gasteiger partial charge in [0.1, 0.15) is 0 Å². The zero-order chi connectivity index (χ0) is 20.6. The Hall–Kier alpha value is -1.73. The van der Waals surface area contributed by atoms with Crippen LogP contribution < -0.4 is 5.32 Å². The molecular weight excluding hydrogens is 388 g/mol. The van der Waals surface area contributed by atoms with Crippen molar-refractivity contribution in [3.05, 3.63) is 29.3 Å². The summed E-state index contributed by atoms with van der Waals surface area (Å²) in [5.41, 5.74) is 0.634. The number of rotatable bonds is 9. The maximum absolute atomic E-state index is 12.4. The van der Waals surface area contributed by atoms with Crippen molar-refractivity contribution in [2.75, 3.05) is 16.8 Å². The van der Waals surface area contributed by atoms with E-state index in [0.717, 1.165) is 11.8 Å². The molecule has 0 fully saturated rings. The lowest BCUT2D eigenvalue weighted by Gasteiger charge is -2.32. The summed E-state index contributed by atoms with van der Waals surface area (Å²) in [6.45, 7) is 9.24. The van der Waals surface area contributed by atoms with Crippen LogP contribution in [0, 0.1) is 0 Å². The van der Waals surface area contributed by atoms with E-state index in [-0.39, 0.29) is 35.4 Å². The summed E-state index contributed by atoms with van der Waals surface area (Å²) in [6, 6.07) is 6.78. The number of thioether (sulfide) groups is 1. The topological polar surface area (TPSA) is 75.7 Å². The highest BCUT2D eigenvalue weighted by Gasteiger charge is 2.27. The maximum Gasteiger partial charge on any atom is 0.316 e. The molecule has 1 aromatic rings. The Bertz CT molecular complexity index is 642. The molecule has 1 aromatic carbocycles. The predicted molar refractivity (Wildman–Crippen MR) is 110 cm³/mol. The second-order valence-corrected chi connectivity index (χ2v) is 8.03. The van der Waals surface area contributed by atoms with Crippen LogP contribution in [-0.4, -0.2) is 52.4 Å². The van der Waals surface area contributed by atoms with Gasteiger partial charge in [-0.1, -0.05) is 11.6 Å². The van der Waals surface area contributed by atoms with Gasteiger partial charge in [-0.15, -0.1) is 11.8 Å². The van der Waals surface area contributed by atoms with E-state index in [1.807, 2.05) is 27.7 Å². The van der Waals surface area contributed by atoms with E-state index in [2.05, 4.69) is 5.32 Å². The number of hydrogen-bond donors (Lipinski definition) is 1. The fourth-order valence-electron chi connectivity index (χ4n) is 2.55. The van der Waals surface area contributed by atoms with E-state index in [9.17, 15) is 14.4 Å². The first-order valence-electron chi connectivity index (χ1n) is 8.76. The molecule has 150 valence electrons. The Morgan fingerprint density at radius 3 is 2.11 bits per heavy atom. The van der Waals surface area contributed by atoms with Gasteiger partial charge in [-0.3, -0.25) is 14.4 Å². The highest BCUT2D eigenvalue weighted by Crippen LogP contribution is 2.14. The van der Waals surface area contributed by atoms with Gasteiger partial charge in [-0.25, -0.2) is 0 Å². The monoisotopic (exact) mass is 414 g/mol. The zero-order valence-corrected chi connectivity index (χ0v) is 17.9. The van der Waals surface area contributed by atoms with Gasteiger partial charge in [0.25, 0.3) is 5.91 Å². The fourth-order valence-corrected chi connectivity index (χ4v) is 3.27. The first kappa shape index (κ1) is 23.3. The molecule has 0 aliphatic heterocycles. The number of amides is 2. The molecule has 0 saturated heterocycles. The van der Waals surface area contributed by atoms with Crippen molar-refractivity contribution in [2.45, 2.75) is 52.8 Å². The van der Waals surface area contributed by atoms with E-state index in [4.69, 9.17) is 16.3 Å². The smallest absolute Gasteiger partial charge is 0.316 e. The van der Waals surface area contributed by atoms with Gasteiger partial charge in [0.05, 0.1) is 11.5 Å². The van der Waals surface area contributed by atoms with Gasteiger partial charge in [0, 0.05) is 22.8 Å². The minimum absolute atomic E-state index is 0.00495. The van der Waals surface area contributed by atoms with Crippen molar-refractivity contribution in [1.82, 2.24) is 4.90 Å². The molecular formula is C19H27ClN2O4S. The van der Waals surface area contributed by atoms with Crippen LogP contribution in [0.4, 0.5) is 5.69 Å². The van der Waals surface area contributed by atoms with E-state index in [0.29, 0.717) is 10.7 Å². The number of carbonyl (C=O) groups is 3. The van der Waals surface area contributed by atoms with Gasteiger partial charge in [0.2, 0.25) is 5.91 Å². The standard InChI is InChI=1S/C19H27ClN2O4S/c1-12(2)22(13(3)4)19(25)14(5)26-18(24)11-27-10-17(23)21-16-8-6-15(20)7-9-16/h6-9,12-14H,10-11H2,1-5H3,(H,21,23)/t14-/m1/s1. The van der Waals surface area contributed by atoms with Crippen molar-refractivity contribution in [3.8, 4) is 0 Å². The molecule has 0 aliphatic rings. The molecule has 0 radical (unpaired) electrons. The van der Waals surface area contributed by atoms with Crippen LogP contribution in [0.3, 0.4) is 0 Å². The van der Waals surface area contributed by atoms with Crippen LogP contribution in [-0.2, 0) is 19.1 Å². The lowest BCUT2D eigenvalue weighted by molar-refractivity contribution is -0.159. The molecule has 1 N–H and O–H groups in total. The average molecular weight is 415 g/mol. The summed E-state index contributed by atoms with van der Waals surface area (Å²) >= 11 is 6.92. The highest BCUT2D eigenvalue weighted by atomic mass is 35.5. The molecule has 1 rings (SSSR count). The third kappa shape index (κ3) is 8.22. The third-order valence-corrected chi connectivity index (χ3v) is 4.76. The molecule has 6 nitrogen and oxygen atoms in total. The number of halogens is 1. The number of nitrogens with one attached hydrogen (secondary N) is 1. The number of hydrogen-bond acceptors (Lipinski definition) is 5. The summed E-state index contributed by atoms with van der Waals surface area (Å²) in [6.07, 6.45) is -0.856. The van der Waals surface area contributed by atoms with Gasteiger partial charge >= 0.3 is 5.97 Å². The third-order valence-electron chi connectivity index (χ3n) is 3.60. The molecule has 0 aliphatic carbocycles. The lowest BCUT2D eigenvalue weighted by atomic mass is 10.2. The molecule has 0 saturated carbocycles. The van der Waals surface area contributed by atoms with E-state index in [1.54, 1.807) is 36.1 Å². The highest BCUT2D eigenvalue weighted by molar-refractivity contribution is 8.00. The quantitative estimate of drug-likeness (QED) is 0.625. The molecule has 27 heavy (non-hydrogen) atoms. The van der Waals surface area contributed by atoms with Crippen LogP contribution >= 0.6 is 23.4 Å². The van der Waals surface area contributed by atoms with Crippen molar-refractivity contribution in [2.24, 2.45) is 0 Å². The van der Waals surface area contributed by atoms with Crippen molar-refractivity contribution in [3.63, 3.8) is 0 Å². The predicted octanol–water partition coefficient (Wildman–Crippen LogP) is 3.59. The number of anilines is 1. The van der Waals surface area contributed by atoms with Gasteiger partial charge < -0.3 is 15.0 Å².